The van der Waals surface area contributed by atoms with Crippen molar-refractivity contribution < 1.29 is 0 Å². The van der Waals surface area contributed by atoms with Crippen molar-refractivity contribution in [2.75, 3.05) is 11.4 Å². The lowest BCUT2D eigenvalue weighted by molar-refractivity contribution is 0.702. The normalized spacial score (nSPS) is 15.0. The fourth-order valence-corrected chi connectivity index (χ4v) is 2.58. The van der Waals surface area contributed by atoms with Crippen molar-refractivity contribution in [2.24, 2.45) is 0 Å². The Morgan fingerprint density at radius 3 is 2.88 bits per heavy atom. The van der Waals surface area contributed by atoms with Crippen LogP contribution in [0.4, 0.5) is 5.82 Å². The molecule has 1 aromatic heterocycles. The van der Waals surface area contributed by atoms with Gasteiger partial charge in [0, 0.05) is 28.8 Å². The van der Waals surface area contributed by atoms with Gasteiger partial charge in [-0.2, -0.15) is 0 Å². The first kappa shape index (κ1) is 13.2. The molecule has 0 bridgehead atoms. The minimum absolute atomic E-state index is 0.525. The number of nitrogens with zero attached hydrogens (tertiary/aromatic N) is 2. The highest BCUT2D eigenvalue weighted by Gasteiger charge is 2.30. The molecule has 0 spiro atoms. The Morgan fingerprint density at radius 1 is 1.53 bits per heavy atom. The van der Waals surface area contributed by atoms with Crippen LogP contribution in [0.5, 0.6) is 0 Å². The summed E-state index contributed by atoms with van der Waals surface area (Å²) in [5.74, 6) is 1.61. The molecule has 0 atom stereocenters. The Labute approximate surface area is 116 Å². The first-order valence-electron chi connectivity index (χ1n) is 6.23. The van der Waals surface area contributed by atoms with Crippen LogP contribution in [0.3, 0.4) is 0 Å². The SMILES string of the molecule is CCCCN(c1ncc(Br)cc1CCl)C1CC1. The van der Waals surface area contributed by atoms with E-state index in [0.29, 0.717) is 11.9 Å². The molecule has 94 valence electrons. The Bertz CT molecular complexity index is 380. The molecule has 17 heavy (non-hydrogen) atoms. The van der Waals surface area contributed by atoms with Gasteiger partial charge < -0.3 is 4.90 Å². The minimum atomic E-state index is 0.525. The van der Waals surface area contributed by atoms with Crippen LogP contribution in [0.25, 0.3) is 0 Å². The average Bonchev–Trinajstić information content (AvgIpc) is 3.15. The topological polar surface area (TPSA) is 16.1 Å². The molecule has 0 unspecified atom stereocenters. The van der Waals surface area contributed by atoms with Crippen molar-refractivity contribution in [3.05, 3.63) is 22.3 Å². The van der Waals surface area contributed by atoms with Gasteiger partial charge in [0.15, 0.2) is 0 Å². The number of aromatic nitrogens is 1. The fraction of sp³-hybridized carbons (Fsp3) is 0.615. The van der Waals surface area contributed by atoms with Crippen LogP contribution in [0.1, 0.15) is 38.2 Å². The van der Waals surface area contributed by atoms with Gasteiger partial charge in [0.25, 0.3) is 0 Å². The summed E-state index contributed by atoms with van der Waals surface area (Å²) < 4.78 is 1.00. The van der Waals surface area contributed by atoms with Crippen LogP contribution < -0.4 is 4.90 Å². The zero-order valence-electron chi connectivity index (χ0n) is 10.1. The molecule has 1 fully saturated rings. The standard InChI is InChI=1S/C13H18BrClN2/c1-2-3-6-17(12-4-5-12)13-10(8-15)7-11(14)9-16-13/h7,9,12H,2-6,8H2,1H3. The van der Waals surface area contributed by atoms with Crippen LogP contribution in [0.15, 0.2) is 16.7 Å². The van der Waals surface area contributed by atoms with E-state index >= 15 is 0 Å². The van der Waals surface area contributed by atoms with Crippen molar-refractivity contribution in [3.8, 4) is 0 Å². The molecular weight excluding hydrogens is 300 g/mol. The molecule has 0 radical (unpaired) electrons. The molecule has 2 nitrogen and oxygen atoms in total. The maximum Gasteiger partial charge on any atom is 0.133 e. The third-order valence-corrected chi connectivity index (χ3v) is 3.79. The molecule has 1 aliphatic rings. The summed E-state index contributed by atoms with van der Waals surface area (Å²) in [5, 5.41) is 0. The van der Waals surface area contributed by atoms with E-state index in [1.165, 1.54) is 25.7 Å². The number of hydrogen-bond acceptors (Lipinski definition) is 2. The first-order valence-corrected chi connectivity index (χ1v) is 7.56. The molecular formula is C13H18BrClN2. The Balaban J connectivity index is 2.21. The molecule has 1 aliphatic carbocycles. The number of anilines is 1. The van der Waals surface area contributed by atoms with Gasteiger partial charge in [0.2, 0.25) is 0 Å². The Kier molecular flexibility index (Phi) is 4.69. The second-order valence-corrected chi connectivity index (χ2v) is 5.73. The van der Waals surface area contributed by atoms with Gasteiger partial charge in [-0.25, -0.2) is 4.98 Å². The second-order valence-electron chi connectivity index (χ2n) is 4.55. The van der Waals surface area contributed by atoms with Gasteiger partial charge in [-0.05, 0) is 41.3 Å². The highest BCUT2D eigenvalue weighted by Crippen LogP contribution is 2.33. The number of halogens is 2. The summed E-state index contributed by atoms with van der Waals surface area (Å²) in [6.07, 6.45) is 6.89. The van der Waals surface area contributed by atoms with E-state index in [-0.39, 0.29) is 0 Å². The van der Waals surface area contributed by atoms with Crippen LogP contribution in [0, 0.1) is 0 Å². The van der Waals surface area contributed by atoms with E-state index in [1.54, 1.807) is 0 Å². The first-order chi connectivity index (χ1) is 8.26. The molecule has 1 aromatic rings. The predicted octanol–water partition coefficient (Wildman–Crippen LogP) is 4.35. The lowest BCUT2D eigenvalue weighted by Gasteiger charge is -2.25. The molecule has 0 saturated heterocycles. The Hall–Kier alpha value is -0.280. The van der Waals surface area contributed by atoms with Crippen molar-refractivity contribution in [2.45, 2.75) is 44.5 Å². The maximum absolute atomic E-state index is 6.02. The third-order valence-electron chi connectivity index (χ3n) is 3.07. The van der Waals surface area contributed by atoms with E-state index in [4.69, 9.17) is 11.6 Å². The summed E-state index contributed by atoms with van der Waals surface area (Å²) in [6.45, 7) is 3.32. The molecule has 4 heteroatoms. The summed E-state index contributed by atoms with van der Waals surface area (Å²) in [5.41, 5.74) is 1.13. The molecule has 0 aromatic carbocycles. The largest absolute Gasteiger partial charge is 0.353 e. The Morgan fingerprint density at radius 2 is 2.29 bits per heavy atom. The fourth-order valence-electron chi connectivity index (χ4n) is 2.01. The second kappa shape index (κ2) is 6.05. The van der Waals surface area contributed by atoms with Gasteiger partial charge >= 0.3 is 0 Å². The summed E-state index contributed by atoms with van der Waals surface area (Å²) in [7, 11) is 0. The van der Waals surface area contributed by atoms with Crippen molar-refractivity contribution in [1.29, 1.82) is 0 Å². The predicted molar refractivity (Wildman–Crippen MR) is 76.8 cm³/mol. The van der Waals surface area contributed by atoms with E-state index in [1.807, 2.05) is 6.20 Å². The quantitative estimate of drug-likeness (QED) is 0.725. The summed E-state index contributed by atoms with van der Waals surface area (Å²) >= 11 is 9.47. The number of pyridine rings is 1. The zero-order valence-corrected chi connectivity index (χ0v) is 12.5. The number of unbranched alkanes of at least 4 members (excludes halogenated alkanes) is 1. The smallest absolute Gasteiger partial charge is 0.133 e. The van der Waals surface area contributed by atoms with E-state index in [2.05, 4.69) is 38.8 Å². The number of hydrogen-bond donors (Lipinski definition) is 0. The highest BCUT2D eigenvalue weighted by molar-refractivity contribution is 9.10. The van der Waals surface area contributed by atoms with Crippen LogP contribution in [-0.2, 0) is 5.88 Å². The zero-order chi connectivity index (χ0) is 12.3. The molecule has 1 heterocycles. The monoisotopic (exact) mass is 316 g/mol. The highest BCUT2D eigenvalue weighted by atomic mass is 79.9. The summed E-state index contributed by atoms with van der Waals surface area (Å²) in [4.78, 5) is 7.00. The molecule has 0 aliphatic heterocycles. The van der Waals surface area contributed by atoms with Crippen LogP contribution in [0.2, 0.25) is 0 Å². The van der Waals surface area contributed by atoms with Crippen molar-refractivity contribution in [1.82, 2.24) is 4.98 Å². The number of rotatable bonds is 6. The van der Waals surface area contributed by atoms with E-state index in [0.717, 1.165) is 22.4 Å². The molecule has 0 amide bonds. The van der Waals surface area contributed by atoms with Crippen LogP contribution >= 0.6 is 27.5 Å². The van der Waals surface area contributed by atoms with Gasteiger partial charge in [-0.1, -0.05) is 13.3 Å². The number of alkyl halides is 1. The van der Waals surface area contributed by atoms with Crippen molar-refractivity contribution in [3.63, 3.8) is 0 Å². The summed E-state index contributed by atoms with van der Waals surface area (Å²) in [6, 6.07) is 2.77. The minimum Gasteiger partial charge on any atom is -0.353 e. The van der Waals surface area contributed by atoms with Gasteiger partial charge in [-0.15, -0.1) is 11.6 Å². The van der Waals surface area contributed by atoms with Crippen molar-refractivity contribution >= 4 is 33.3 Å². The van der Waals surface area contributed by atoms with Crippen LogP contribution in [-0.4, -0.2) is 17.6 Å². The molecule has 1 saturated carbocycles. The maximum atomic E-state index is 6.02. The van der Waals surface area contributed by atoms with E-state index in [9.17, 15) is 0 Å². The van der Waals surface area contributed by atoms with E-state index < -0.39 is 0 Å². The molecule has 2 rings (SSSR count). The lowest BCUT2D eigenvalue weighted by Crippen LogP contribution is -2.28. The lowest BCUT2D eigenvalue weighted by atomic mass is 10.2. The van der Waals surface area contributed by atoms with Gasteiger partial charge in [0.05, 0.1) is 5.88 Å². The van der Waals surface area contributed by atoms with Gasteiger partial charge in [-0.3, -0.25) is 0 Å². The van der Waals surface area contributed by atoms with Gasteiger partial charge in [0.1, 0.15) is 5.82 Å². The average molecular weight is 318 g/mol. The molecule has 0 N–H and O–H groups in total. The third kappa shape index (κ3) is 3.35.